The molecule has 2 rings (SSSR count). The van der Waals surface area contributed by atoms with E-state index in [9.17, 15) is 14.9 Å². The molecule has 0 saturated heterocycles. The van der Waals surface area contributed by atoms with Crippen molar-refractivity contribution in [2.24, 2.45) is 5.73 Å². The van der Waals surface area contributed by atoms with Gasteiger partial charge in [0.25, 0.3) is 5.69 Å². The molecule has 1 unspecified atom stereocenters. The molecule has 7 heteroatoms. The molecule has 0 heterocycles. The third-order valence-electron chi connectivity index (χ3n) is 3.52. The molecule has 2 aromatic carbocycles. The third-order valence-corrected chi connectivity index (χ3v) is 3.52. The van der Waals surface area contributed by atoms with Crippen LogP contribution in [-0.4, -0.2) is 23.5 Å². The Morgan fingerprint density at radius 3 is 2.28 bits per heavy atom. The van der Waals surface area contributed by atoms with Crippen molar-refractivity contribution in [1.82, 2.24) is 0 Å². The van der Waals surface area contributed by atoms with Crippen LogP contribution in [0.3, 0.4) is 0 Å². The summed E-state index contributed by atoms with van der Waals surface area (Å²) in [6, 6.07) is 12.8. The van der Waals surface area contributed by atoms with Gasteiger partial charge in [0.1, 0.15) is 18.4 Å². The number of benzene rings is 2. The van der Waals surface area contributed by atoms with Crippen molar-refractivity contribution in [2.75, 3.05) is 6.61 Å². The normalized spacial score (nSPS) is 11.6. The van der Waals surface area contributed by atoms with Gasteiger partial charge >= 0.3 is 5.97 Å². The van der Waals surface area contributed by atoms with Gasteiger partial charge < -0.3 is 15.2 Å². The van der Waals surface area contributed by atoms with Crippen LogP contribution in [-0.2, 0) is 22.6 Å². The van der Waals surface area contributed by atoms with Crippen LogP contribution in [0.4, 0.5) is 5.69 Å². The van der Waals surface area contributed by atoms with Crippen LogP contribution in [0.15, 0.2) is 48.5 Å². The number of nitrogens with zero attached hydrogens (tertiary/aromatic N) is 1. The Kier molecular flexibility index (Phi) is 6.47. The zero-order valence-corrected chi connectivity index (χ0v) is 13.9. The van der Waals surface area contributed by atoms with Crippen molar-refractivity contribution in [1.29, 1.82) is 0 Å². The zero-order valence-electron chi connectivity index (χ0n) is 13.9. The number of hydrogen-bond donors (Lipinski definition) is 1. The Morgan fingerprint density at radius 1 is 1.12 bits per heavy atom. The number of carbonyl (C=O) groups is 1. The van der Waals surface area contributed by atoms with Crippen molar-refractivity contribution in [2.45, 2.75) is 26.0 Å². The van der Waals surface area contributed by atoms with Crippen molar-refractivity contribution >= 4 is 11.7 Å². The van der Waals surface area contributed by atoms with Crippen molar-refractivity contribution < 1.29 is 19.2 Å². The summed E-state index contributed by atoms with van der Waals surface area (Å²) in [6.45, 7) is 2.35. The van der Waals surface area contributed by atoms with Gasteiger partial charge in [-0.15, -0.1) is 0 Å². The van der Waals surface area contributed by atoms with Crippen molar-refractivity contribution in [3.63, 3.8) is 0 Å². The van der Waals surface area contributed by atoms with E-state index in [2.05, 4.69) is 0 Å². The summed E-state index contributed by atoms with van der Waals surface area (Å²) in [7, 11) is 0. The van der Waals surface area contributed by atoms with Crippen molar-refractivity contribution in [3.8, 4) is 5.75 Å². The maximum atomic E-state index is 11.5. The summed E-state index contributed by atoms with van der Waals surface area (Å²) in [5.41, 5.74) is 7.57. The molecule has 0 fully saturated rings. The Bertz CT molecular complexity index is 713. The second-order valence-corrected chi connectivity index (χ2v) is 5.42. The molecule has 0 saturated carbocycles. The number of nitrogens with two attached hydrogens (primary N) is 1. The Labute approximate surface area is 145 Å². The fourth-order valence-electron chi connectivity index (χ4n) is 2.19. The minimum atomic E-state index is -0.688. The predicted octanol–water partition coefficient (Wildman–Crippen LogP) is 2.61. The molecule has 0 amide bonds. The summed E-state index contributed by atoms with van der Waals surface area (Å²) in [6.07, 6.45) is 0.390. The quantitative estimate of drug-likeness (QED) is 0.448. The maximum absolute atomic E-state index is 11.5. The van der Waals surface area contributed by atoms with E-state index in [4.69, 9.17) is 15.2 Å². The van der Waals surface area contributed by atoms with Crippen LogP contribution in [0.1, 0.15) is 18.1 Å². The van der Waals surface area contributed by atoms with Gasteiger partial charge in [-0.3, -0.25) is 14.9 Å². The van der Waals surface area contributed by atoms with E-state index < -0.39 is 16.9 Å². The number of nitro benzene ring substituents is 1. The van der Waals surface area contributed by atoms with Crippen LogP contribution in [0.2, 0.25) is 0 Å². The number of carbonyl (C=O) groups excluding carboxylic acids is 1. The van der Waals surface area contributed by atoms with Crippen LogP contribution in [0.25, 0.3) is 0 Å². The first kappa shape index (κ1) is 18.4. The lowest BCUT2D eigenvalue weighted by Crippen LogP contribution is -2.34. The van der Waals surface area contributed by atoms with E-state index in [-0.39, 0.29) is 5.69 Å². The molecule has 0 aliphatic carbocycles. The fraction of sp³-hybridized carbons (Fsp3) is 0.278. The predicted molar refractivity (Wildman–Crippen MR) is 92.2 cm³/mol. The lowest BCUT2D eigenvalue weighted by atomic mass is 10.1. The summed E-state index contributed by atoms with van der Waals surface area (Å²) >= 11 is 0. The highest BCUT2D eigenvalue weighted by Crippen LogP contribution is 2.17. The van der Waals surface area contributed by atoms with Gasteiger partial charge in [-0.2, -0.15) is 0 Å². The smallest absolute Gasteiger partial charge is 0.323 e. The molecule has 7 nitrogen and oxygen atoms in total. The number of esters is 1. The second-order valence-electron chi connectivity index (χ2n) is 5.42. The van der Waals surface area contributed by atoms with E-state index in [1.165, 1.54) is 12.1 Å². The average molecular weight is 344 g/mol. The zero-order chi connectivity index (χ0) is 18.2. The lowest BCUT2D eigenvalue weighted by molar-refractivity contribution is -0.384. The number of nitro groups is 1. The molecule has 0 aliphatic rings. The van der Waals surface area contributed by atoms with Gasteiger partial charge in [-0.05, 0) is 48.7 Å². The minimum absolute atomic E-state index is 0.0473. The molecular formula is C18H20N2O5. The summed E-state index contributed by atoms with van der Waals surface area (Å²) in [4.78, 5) is 21.7. The molecule has 1 atom stereocenters. The summed E-state index contributed by atoms with van der Waals surface area (Å²) in [5.74, 6) is 0.243. The molecule has 132 valence electrons. The van der Waals surface area contributed by atoms with Gasteiger partial charge in [0.2, 0.25) is 0 Å². The first-order chi connectivity index (χ1) is 12.0. The number of non-ortho nitro benzene ring substituents is 1. The van der Waals surface area contributed by atoms with Gasteiger partial charge in [0.15, 0.2) is 0 Å². The molecule has 0 aromatic heterocycles. The number of ether oxygens (including phenoxy) is 2. The monoisotopic (exact) mass is 344 g/mol. The molecule has 0 aliphatic heterocycles. The van der Waals surface area contributed by atoms with E-state index in [0.29, 0.717) is 25.4 Å². The van der Waals surface area contributed by atoms with Gasteiger partial charge in [0, 0.05) is 12.1 Å². The lowest BCUT2D eigenvalue weighted by Gasteiger charge is -2.11. The molecule has 2 aromatic rings. The van der Waals surface area contributed by atoms with Crippen LogP contribution in [0.5, 0.6) is 5.75 Å². The largest absolute Gasteiger partial charge is 0.489 e. The Balaban J connectivity index is 1.87. The van der Waals surface area contributed by atoms with Gasteiger partial charge in [-0.1, -0.05) is 12.1 Å². The highest BCUT2D eigenvalue weighted by atomic mass is 16.6. The van der Waals surface area contributed by atoms with Crippen LogP contribution in [0, 0.1) is 10.1 Å². The first-order valence-corrected chi connectivity index (χ1v) is 7.87. The maximum Gasteiger partial charge on any atom is 0.323 e. The van der Waals surface area contributed by atoms with Crippen molar-refractivity contribution in [3.05, 3.63) is 69.8 Å². The third kappa shape index (κ3) is 5.58. The Morgan fingerprint density at radius 2 is 1.72 bits per heavy atom. The average Bonchev–Trinajstić information content (AvgIpc) is 2.61. The molecule has 0 bridgehead atoms. The summed E-state index contributed by atoms with van der Waals surface area (Å²) < 4.78 is 10.5. The SMILES string of the molecule is CCOC(=O)C(N)Cc1ccc(OCc2ccc([N+](=O)[O-])cc2)cc1. The number of rotatable bonds is 8. The molecule has 2 N–H and O–H groups in total. The standard InChI is InChI=1S/C18H20N2O5/c1-2-24-18(21)17(19)11-13-5-9-16(10-6-13)25-12-14-3-7-15(8-4-14)20(22)23/h3-10,17H,2,11-12,19H2,1H3. The van der Waals surface area contributed by atoms with E-state index in [0.717, 1.165) is 11.1 Å². The molecule has 25 heavy (non-hydrogen) atoms. The number of hydrogen-bond acceptors (Lipinski definition) is 6. The second kappa shape index (κ2) is 8.79. The highest BCUT2D eigenvalue weighted by Gasteiger charge is 2.15. The van der Waals surface area contributed by atoms with E-state index in [1.807, 2.05) is 12.1 Å². The molecular weight excluding hydrogens is 324 g/mol. The Hall–Kier alpha value is -2.93. The molecule has 0 radical (unpaired) electrons. The highest BCUT2D eigenvalue weighted by molar-refractivity contribution is 5.75. The van der Waals surface area contributed by atoms with Crippen LogP contribution < -0.4 is 10.5 Å². The fourth-order valence-corrected chi connectivity index (χ4v) is 2.19. The topological polar surface area (TPSA) is 105 Å². The van der Waals surface area contributed by atoms with E-state index >= 15 is 0 Å². The molecule has 0 spiro atoms. The first-order valence-electron chi connectivity index (χ1n) is 7.87. The minimum Gasteiger partial charge on any atom is -0.489 e. The summed E-state index contributed by atoms with van der Waals surface area (Å²) in [5, 5.41) is 10.6. The van der Waals surface area contributed by atoms with Gasteiger partial charge in [-0.25, -0.2) is 0 Å². The van der Waals surface area contributed by atoms with Crippen LogP contribution >= 0.6 is 0 Å². The van der Waals surface area contributed by atoms with E-state index in [1.54, 1.807) is 31.2 Å². The van der Waals surface area contributed by atoms with Gasteiger partial charge in [0.05, 0.1) is 11.5 Å².